The number of rotatable bonds is 10. The molecule has 0 saturated heterocycles. The van der Waals surface area contributed by atoms with Gasteiger partial charge in [0.1, 0.15) is 11.5 Å². The summed E-state index contributed by atoms with van der Waals surface area (Å²) in [5.74, 6) is 0.311. The van der Waals surface area contributed by atoms with Crippen LogP contribution in [0.5, 0.6) is 11.5 Å². The number of amides is 2. The van der Waals surface area contributed by atoms with Gasteiger partial charge in [0.25, 0.3) is 0 Å². The lowest BCUT2D eigenvalue weighted by atomic mass is 10.2. The molecule has 0 aliphatic carbocycles. The Morgan fingerprint density at radius 1 is 1.17 bits per heavy atom. The van der Waals surface area contributed by atoms with Crippen molar-refractivity contribution in [3.8, 4) is 11.5 Å². The van der Waals surface area contributed by atoms with Crippen molar-refractivity contribution in [2.24, 2.45) is 0 Å². The van der Waals surface area contributed by atoms with Gasteiger partial charge in [-0.15, -0.1) is 10.2 Å². The van der Waals surface area contributed by atoms with Crippen molar-refractivity contribution in [3.63, 3.8) is 0 Å². The highest BCUT2D eigenvalue weighted by Crippen LogP contribution is 2.30. The highest BCUT2D eigenvalue weighted by atomic mass is 32.2. The average molecular weight is 476 g/mol. The van der Waals surface area contributed by atoms with Crippen LogP contribution in [0.1, 0.15) is 0 Å². The third-order valence-corrected chi connectivity index (χ3v) is 6.83. The highest BCUT2D eigenvalue weighted by molar-refractivity contribution is 8.01. The van der Waals surface area contributed by atoms with Crippen LogP contribution in [0.3, 0.4) is 0 Å². The van der Waals surface area contributed by atoms with E-state index in [1.165, 1.54) is 21.3 Å². The minimum atomic E-state index is -3.46. The van der Waals surface area contributed by atoms with Gasteiger partial charge in [0, 0.05) is 13.1 Å². The zero-order valence-corrected chi connectivity index (χ0v) is 19.1. The normalized spacial score (nSPS) is 11.2. The number of carbonyl (C=O) groups excluding carboxylic acids is 2. The van der Waals surface area contributed by atoms with E-state index in [1.54, 1.807) is 18.2 Å². The fourth-order valence-corrected chi connectivity index (χ4v) is 3.93. The van der Waals surface area contributed by atoms with E-state index in [-0.39, 0.29) is 23.3 Å². The molecule has 14 heteroatoms. The lowest BCUT2D eigenvalue weighted by Crippen LogP contribution is -2.34. The standard InChI is InChI=1S/C16H21N5O6S3/c1-21(30(4,24)25)8-13(22)18-15-19-20-16(29-15)28-9-14(23)17-11-6-5-10(26-2)7-12(11)27-3/h5-7H,8-9H2,1-4H3,(H,17,23)(H,18,19,22). The topological polar surface area (TPSA) is 140 Å². The second-order valence-corrected chi connectivity index (χ2v) is 10.1. The van der Waals surface area contributed by atoms with Crippen LogP contribution in [0.4, 0.5) is 10.8 Å². The number of aromatic nitrogens is 2. The summed E-state index contributed by atoms with van der Waals surface area (Å²) < 4.78 is 34.4. The summed E-state index contributed by atoms with van der Waals surface area (Å²) in [6.07, 6.45) is 1.01. The average Bonchev–Trinajstić information content (AvgIpc) is 3.13. The number of hydrogen-bond donors (Lipinski definition) is 2. The molecule has 0 saturated carbocycles. The Kier molecular flexibility index (Phi) is 8.40. The maximum Gasteiger partial charge on any atom is 0.241 e. The molecule has 2 rings (SSSR count). The van der Waals surface area contributed by atoms with E-state index in [0.717, 1.165) is 33.7 Å². The molecule has 164 valence electrons. The van der Waals surface area contributed by atoms with Gasteiger partial charge in [-0.05, 0) is 12.1 Å². The zero-order chi connectivity index (χ0) is 22.3. The monoisotopic (exact) mass is 475 g/mol. The number of thioether (sulfide) groups is 1. The van der Waals surface area contributed by atoms with Crippen molar-refractivity contribution >= 4 is 55.8 Å². The minimum Gasteiger partial charge on any atom is -0.497 e. The Morgan fingerprint density at radius 3 is 2.53 bits per heavy atom. The van der Waals surface area contributed by atoms with Gasteiger partial charge >= 0.3 is 0 Å². The van der Waals surface area contributed by atoms with Gasteiger partial charge in [-0.1, -0.05) is 23.1 Å². The summed E-state index contributed by atoms with van der Waals surface area (Å²) in [6.45, 7) is -0.340. The fourth-order valence-electron chi connectivity index (χ4n) is 2.01. The molecule has 0 atom stereocenters. The first kappa shape index (κ1) is 23.9. The number of anilines is 2. The van der Waals surface area contributed by atoms with Gasteiger partial charge in [0.15, 0.2) is 4.34 Å². The number of nitrogens with one attached hydrogen (secondary N) is 2. The van der Waals surface area contributed by atoms with Crippen molar-refractivity contribution in [3.05, 3.63) is 18.2 Å². The maximum absolute atomic E-state index is 12.2. The van der Waals surface area contributed by atoms with Crippen molar-refractivity contribution in [2.75, 3.05) is 50.5 Å². The van der Waals surface area contributed by atoms with Crippen molar-refractivity contribution in [1.29, 1.82) is 0 Å². The molecule has 0 spiro atoms. The van der Waals surface area contributed by atoms with E-state index in [9.17, 15) is 18.0 Å². The van der Waals surface area contributed by atoms with Crippen LogP contribution in [0.2, 0.25) is 0 Å². The van der Waals surface area contributed by atoms with Crippen LogP contribution in [0.25, 0.3) is 0 Å². The molecule has 0 fully saturated rings. The molecular formula is C16H21N5O6S3. The maximum atomic E-state index is 12.2. The number of carbonyl (C=O) groups is 2. The van der Waals surface area contributed by atoms with Gasteiger partial charge < -0.3 is 14.8 Å². The predicted molar refractivity (Wildman–Crippen MR) is 115 cm³/mol. The van der Waals surface area contributed by atoms with Crippen molar-refractivity contribution in [1.82, 2.24) is 14.5 Å². The van der Waals surface area contributed by atoms with Crippen LogP contribution in [-0.2, 0) is 19.6 Å². The third kappa shape index (κ3) is 7.12. The molecule has 11 nitrogen and oxygen atoms in total. The van der Waals surface area contributed by atoms with Gasteiger partial charge in [-0.2, -0.15) is 4.31 Å². The van der Waals surface area contributed by atoms with Crippen LogP contribution in [-0.4, -0.2) is 74.6 Å². The van der Waals surface area contributed by atoms with E-state index in [0.29, 0.717) is 21.5 Å². The molecule has 2 N–H and O–H groups in total. The number of sulfonamides is 1. The summed E-state index contributed by atoms with van der Waals surface area (Å²) in [7, 11) is 0.860. The second-order valence-electron chi connectivity index (χ2n) is 5.84. The zero-order valence-electron chi connectivity index (χ0n) is 16.7. The fraction of sp³-hybridized carbons (Fsp3) is 0.375. The summed E-state index contributed by atoms with van der Waals surface area (Å²) in [5.41, 5.74) is 0.504. The smallest absolute Gasteiger partial charge is 0.241 e. The number of hydrogen-bond acceptors (Lipinski definition) is 10. The van der Waals surface area contributed by atoms with Gasteiger partial charge in [0.2, 0.25) is 27.0 Å². The van der Waals surface area contributed by atoms with E-state index in [2.05, 4.69) is 20.8 Å². The van der Waals surface area contributed by atoms with Crippen LogP contribution in [0, 0.1) is 0 Å². The molecule has 0 aliphatic heterocycles. The largest absolute Gasteiger partial charge is 0.497 e. The van der Waals surface area contributed by atoms with Crippen molar-refractivity contribution < 1.29 is 27.5 Å². The minimum absolute atomic E-state index is 0.0641. The Morgan fingerprint density at radius 2 is 1.90 bits per heavy atom. The van der Waals surface area contributed by atoms with Gasteiger partial charge in [0.05, 0.1) is 38.5 Å². The first-order chi connectivity index (χ1) is 14.1. The lowest BCUT2D eigenvalue weighted by molar-refractivity contribution is -0.116. The van der Waals surface area contributed by atoms with E-state index in [1.807, 2.05) is 0 Å². The molecule has 0 aliphatic rings. The van der Waals surface area contributed by atoms with Crippen LogP contribution >= 0.6 is 23.1 Å². The number of benzene rings is 1. The van der Waals surface area contributed by atoms with E-state index < -0.39 is 15.9 Å². The predicted octanol–water partition coefficient (Wildman–Crippen LogP) is 1.12. The Labute approximate surface area is 182 Å². The SMILES string of the molecule is COc1ccc(NC(=O)CSc2nnc(NC(=O)CN(C)S(C)(=O)=O)s2)c(OC)c1. The van der Waals surface area contributed by atoms with E-state index in [4.69, 9.17) is 9.47 Å². The quantitative estimate of drug-likeness (QED) is 0.382. The first-order valence-electron chi connectivity index (χ1n) is 8.31. The molecule has 1 aromatic carbocycles. The second kappa shape index (κ2) is 10.6. The molecule has 30 heavy (non-hydrogen) atoms. The Hall–Kier alpha value is -2.42. The van der Waals surface area contributed by atoms with Crippen LogP contribution in [0.15, 0.2) is 22.5 Å². The number of likely N-dealkylation sites (N-methyl/N-ethyl adjacent to an activating group) is 1. The molecule has 2 amide bonds. The molecule has 1 aromatic heterocycles. The van der Waals surface area contributed by atoms with Gasteiger partial charge in [-0.3, -0.25) is 14.9 Å². The van der Waals surface area contributed by atoms with E-state index >= 15 is 0 Å². The number of methoxy groups -OCH3 is 2. The number of nitrogens with zero attached hydrogens (tertiary/aromatic N) is 3. The summed E-state index contributed by atoms with van der Waals surface area (Å²) >= 11 is 2.22. The molecule has 1 heterocycles. The summed E-state index contributed by atoms with van der Waals surface area (Å²) in [4.78, 5) is 24.1. The van der Waals surface area contributed by atoms with Crippen LogP contribution < -0.4 is 20.1 Å². The highest BCUT2D eigenvalue weighted by Gasteiger charge is 2.17. The Bertz CT molecular complexity index is 1010. The Balaban J connectivity index is 1.87. The molecular weight excluding hydrogens is 454 g/mol. The molecule has 2 aromatic rings. The summed E-state index contributed by atoms with van der Waals surface area (Å²) in [6, 6.07) is 5.03. The summed E-state index contributed by atoms with van der Waals surface area (Å²) in [5, 5.41) is 13.1. The molecule has 0 unspecified atom stereocenters. The molecule has 0 radical (unpaired) electrons. The lowest BCUT2D eigenvalue weighted by Gasteiger charge is -2.12. The third-order valence-electron chi connectivity index (χ3n) is 3.59. The molecule has 0 bridgehead atoms. The first-order valence-corrected chi connectivity index (χ1v) is 12.0. The number of ether oxygens (including phenoxy) is 2. The van der Waals surface area contributed by atoms with Gasteiger partial charge in [-0.25, -0.2) is 8.42 Å². The van der Waals surface area contributed by atoms with Crippen molar-refractivity contribution in [2.45, 2.75) is 4.34 Å².